The second-order valence-corrected chi connectivity index (χ2v) is 5.65. The molecule has 4 nitrogen and oxygen atoms in total. The van der Waals surface area contributed by atoms with Crippen molar-refractivity contribution in [2.24, 2.45) is 16.6 Å². The van der Waals surface area contributed by atoms with Gasteiger partial charge in [-0.1, -0.05) is 18.2 Å². The largest absolute Gasteiger partial charge is 0.496 e. The second-order valence-electron chi connectivity index (χ2n) is 5.65. The van der Waals surface area contributed by atoms with Crippen LogP contribution in [0.1, 0.15) is 24.8 Å². The SMILES string of the molecule is COc1ccccc1CC1=NC2CC(CN)CCC2O1. The van der Waals surface area contributed by atoms with Gasteiger partial charge < -0.3 is 15.2 Å². The molecule has 2 N–H and O–H groups in total. The van der Waals surface area contributed by atoms with Gasteiger partial charge in [-0.25, -0.2) is 4.99 Å². The molecule has 1 aliphatic heterocycles. The van der Waals surface area contributed by atoms with Crippen molar-refractivity contribution in [3.63, 3.8) is 0 Å². The number of fused-ring (bicyclic) bond motifs is 1. The number of methoxy groups -OCH3 is 1. The first kappa shape index (κ1) is 13.4. The Bertz CT molecular complexity index is 501. The average Bonchev–Trinajstić information content (AvgIpc) is 2.89. The summed E-state index contributed by atoms with van der Waals surface area (Å²) in [5, 5.41) is 0. The van der Waals surface area contributed by atoms with E-state index in [1.165, 1.54) is 0 Å². The Morgan fingerprint density at radius 1 is 1.35 bits per heavy atom. The van der Waals surface area contributed by atoms with Crippen molar-refractivity contribution in [1.82, 2.24) is 0 Å². The third-order valence-corrected chi connectivity index (χ3v) is 4.33. The molecule has 3 unspecified atom stereocenters. The van der Waals surface area contributed by atoms with Gasteiger partial charge in [-0.05, 0) is 37.8 Å². The summed E-state index contributed by atoms with van der Waals surface area (Å²) in [6.07, 6.45) is 4.28. The highest BCUT2D eigenvalue weighted by molar-refractivity contribution is 5.81. The molecule has 1 aromatic rings. The smallest absolute Gasteiger partial charge is 0.188 e. The van der Waals surface area contributed by atoms with E-state index in [-0.39, 0.29) is 6.10 Å². The van der Waals surface area contributed by atoms with Crippen LogP contribution in [0.3, 0.4) is 0 Å². The first-order valence-electron chi connectivity index (χ1n) is 7.35. The molecule has 1 aliphatic carbocycles. The monoisotopic (exact) mass is 274 g/mol. The summed E-state index contributed by atoms with van der Waals surface area (Å²) in [5.41, 5.74) is 6.90. The normalized spacial score (nSPS) is 28.5. The van der Waals surface area contributed by atoms with Crippen LogP contribution in [0.4, 0.5) is 0 Å². The number of nitrogens with zero attached hydrogens (tertiary/aromatic N) is 1. The summed E-state index contributed by atoms with van der Waals surface area (Å²) < 4.78 is 11.4. The molecule has 3 rings (SSSR count). The summed E-state index contributed by atoms with van der Waals surface area (Å²) >= 11 is 0. The van der Waals surface area contributed by atoms with Gasteiger partial charge in [-0.3, -0.25) is 0 Å². The van der Waals surface area contributed by atoms with Gasteiger partial charge in [0, 0.05) is 5.56 Å². The fourth-order valence-electron chi connectivity index (χ4n) is 3.18. The van der Waals surface area contributed by atoms with Gasteiger partial charge in [0.2, 0.25) is 0 Å². The number of aliphatic imine (C=N–C) groups is 1. The number of ether oxygens (including phenoxy) is 2. The lowest BCUT2D eigenvalue weighted by Crippen LogP contribution is -2.33. The Kier molecular flexibility index (Phi) is 3.92. The van der Waals surface area contributed by atoms with Crippen LogP contribution in [0.15, 0.2) is 29.3 Å². The van der Waals surface area contributed by atoms with E-state index >= 15 is 0 Å². The number of benzene rings is 1. The van der Waals surface area contributed by atoms with Gasteiger partial charge in [0.05, 0.1) is 19.6 Å². The molecule has 0 aromatic heterocycles. The van der Waals surface area contributed by atoms with Crippen molar-refractivity contribution in [3.8, 4) is 5.75 Å². The van der Waals surface area contributed by atoms with Crippen molar-refractivity contribution in [1.29, 1.82) is 0 Å². The Hall–Kier alpha value is -1.55. The zero-order chi connectivity index (χ0) is 13.9. The number of hydrogen-bond acceptors (Lipinski definition) is 4. The minimum Gasteiger partial charge on any atom is -0.496 e. The number of nitrogens with two attached hydrogens (primary N) is 1. The fourth-order valence-corrected chi connectivity index (χ4v) is 3.18. The quantitative estimate of drug-likeness (QED) is 0.915. The molecule has 108 valence electrons. The number of rotatable bonds is 4. The molecular formula is C16H22N2O2. The fraction of sp³-hybridized carbons (Fsp3) is 0.562. The highest BCUT2D eigenvalue weighted by Crippen LogP contribution is 2.33. The molecule has 4 heteroatoms. The Balaban J connectivity index is 1.70. The molecule has 0 spiro atoms. The summed E-state index contributed by atoms with van der Waals surface area (Å²) in [6.45, 7) is 0.764. The van der Waals surface area contributed by atoms with Gasteiger partial charge in [0.15, 0.2) is 5.90 Å². The minimum absolute atomic E-state index is 0.266. The predicted molar refractivity (Wildman–Crippen MR) is 79.2 cm³/mol. The van der Waals surface area contributed by atoms with Crippen LogP contribution in [0.2, 0.25) is 0 Å². The van der Waals surface area contributed by atoms with E-state index in [2.05, 4.69) is 6.07 Å². The molecule has 0 saturated heterocycles. The zero-order valence-corrected chi connectivity index (χ0v) is 11.9. The first-order chi connectivity index (χ1) is 9.80. The summed E-state index contributed by atoms with van der Waals surface area (Å²) in [5.74, 6) is 2.35. The van der Waals surface area contributed by atoms with Crippen LogP contribution < -0.4 is 10.5 Å². The van der Waals surface area contributed by atoms with Gasteiger partial charge in [0.25, 0.3) is 0 Å². The first-order valence-corrected chi connectivity index (χ1v) is 7.35. The van der Waals surface area contributed by atoms with Crippen LogP contribution in [-0.2, 0) is 11.2 Å². The molecule has 0 amide bonds. The third kappa shape index (κ3) is 2.66. The third-order valence-electron chi connectivity index (χ3n) is 4.33. The van der Waals surface area contributed by atoms with Crippen LogP contribution in [0.5, 0.6) is 5.75 Å². The number of para-hydroxylation sites is 1. The zero-order valence-electron chi connectivity index (χ0n) is 11.9. The Labute approximate surface area is 120 Å². The molecule has 1 fully saturated rings. The maximum atomic E-state index is 6.02. The highest BCUT2D eigenvalue weighted by atomic mass is 16.5. The van der Waals surface area contributed by atoms with E-state index < -0.39 is 0 Å². The standard InChI is InChI=1S/C16H22N2O2/c1-19-14-5-3-2-4-12(14)9-16-18-13-8-11(10-17)6-7-15(13)20-16/h2-5,11,13,15H,6-10,17H2,1H3. The molecule has 1 heterocycles. The van der Waals surface area contributed by atoms with Crippen LogP contribution in [0.25, 0.3) is 0 Å². The Morgan fingerprint density at radius 2 is 2.20 bits per heavy atom. The molecule has 1 saturated carbocycles. The lowest BCUT2D eigenvalue weighted by molar-refractivity contribution is 0.127. The van der Waals surface area contributed by atoms with E-state index in [4.69, 9.17) is 20.2 Å². The van der Waals surface area contributed by atoms with Crippen molar-refractivity contribution in [2.75, 3.05) is 13.7 Å². The lowest BCUT2D eigenvalue weighted by atomic mass is 9.84. The number of hydrogen-bond donors (Lipinski definition) is 1. The average molecular weight is 274 g/mol. The van der Waals surface area contributed by atoms with E-state index in [9.17, 15) is 0 Å². The summed E-state index contributed by atoms with van der Waals surface area (Å²) in [4.78, 5) is 4.76. The molecule has 0 bridgehead atoms. The minimum atomic E-state index is 0.266. The van der Waals surface area contributed by atoms with Gasteiger partial charge in [-0.15, -0.1) is 0 Å². The maximum Gasteiger partial charge on any atom is 0.188 e. The van der Waals surface area contributed by atoms with Crippen molar-refractivity contribution >= 4 is 5.90 Å². The summed E-state index contributed by atoms with van der Waals surface area (Å²) in [7, 11) is 1.70. The van der Waals surface area contributed by atoms with Crippen molar-refractivity contribution < 1.29 is 9.47 Å². The molecule has 1 aromatic carbocycles. The lowest BCUT2D eigenvalue weighted by Gasteiger charge is -2.28. The van der Waals surface area contributed by atoms with Gasteiger partial charge >= 0.3 is 0 Å². The highest BCUT2D eigenvalue weighted by Gasteiger charge is 2.36. The van der Waals surface area contributed by atoms with Crippen molar-refractivity contribution in [3.05, 3.63) is 29.8 Å². The maximum absolute atomic E-state index is 6.02. The van der Waals surface area contributed by atoms with Gasteiger partial charge in [-0.2, -0.15) is 0 Å². The van der Waals surface area contributed by atoms with E-state index in [0.717, 1.165) is 43.0 Å². The van der Waals surface area contributed by atoms with Crippen LogP contribution in [-0.4, -0.2) is 31.7 Å². The topological polar surface area (TPSA) is 56.8 Å². The van der Waals surface area contributed by atoms with Crippen LogP contribution >= 0.6 is 0 Å². The van der Waals surface area contributed by atoms with Crippen LogP contribution in [0, 0.1) is 5.92 Å². The van der Waals surface area contributed by atoms with Gasteiger partial charge in [0.1, 0.15) is 11.9 Å². The second kappa shape index (κ2) is 5.83. The molecule has 2 aliphatic rings. The molecule has 3 atom stereocenters. The Morgan fingerprint density at radius 3 is 3.00 bits per heavy atom. The molecule has 0 radical (unpaired) electrons. The summed E-state index contributed by atoms with van der Waals surface area (Å²) in [6, 6.07) is 8.34. The van der Waals surface area contributed by atoms with E-state index in [1.54, 1.807) is 7.11 Å². The molecule has 20 heavy (non-hydrogen) atoms. The van der Waals surface area contributed by atoms with Crippen molar-refractivity contribution in [2.45, 2.75) is 37.8 Å². The van der Waals surface area contributed by atoms with E-state index in [0.29, 0.717) is 18.4 Å². The predicted octanol–water partition coefficient (Wildman–Crippen LogP) is 2.16. The molecular weight excluding hydrogens is 252 g/mol. The van der Waals surface area contributed by atoms with E-state index in [1.807, 2.05) is 18.2 Å².